The predicted molar refractivity (Wildman–Crippen MR) is 259 cm³/mol. The Morgan fingerprint density at radius 3 is 1.45 bits per heavy atom. The predicted octanol–water partition coefficient (Wildman–Crippen LogP) is 9.71. The molecule has 0 aliphatic heterocycles. The average Bonchev–Trinajstić information content (AvgIpc) is 3.29. The summed E-state index contributed by atoms with van der Waals surface area (Å²) < 4.78 is 0. The Morgan fingerprint density at radius 1 is 0.591 bits per heavy atom. The Kier molecular flexibility index (Phi) is 18.2. The van der Waals surface area contributed by atoms with E-state index in [0.29, 0.717) is 46.6 Å². The van der Waals surface area contributed by atoms with Gasteiger partial charge in [0.25, 0.3) is 23.6 Å². The van der Waals surface area contributed by atoms with E-state index in [-0.39, 0.29) is 69.0 Å². The Hall–Kier alpha value is -6.85. The molecule has 6 aromatic rings. The zero-order valence-electron chi connectivity index (χ0n) is 36.7. The Balaban J connectivity index is 0.000000247. The number of amides is 4. The molecule has 0 saturated carbocycles. The number of aromatic nitrogens is 4. The van der Waals surface area contributed by atoms with Crippen LogP contribution in [0.4, 0.5) is 34.6 Å². The van der Waals surface area contributed by atoms with E-state index in [0.717, 1.165) is 12.1 Å². The molecule has 4 amide bonds. The van der Waals surface area contributed by atoms with Crippen LogP contribution in [0.15, 0.2) is 110 Å². The maximum absolute atomic E-state index is 12.7. The van der Waals surface area contributed by atoms with Gasteiger partial charge in [-0.15, -0.1) is 0 Å². The summed E-state index contributed by atoms with van der Waals surface area (Å²) >= 11 is 18.1. The maximum atomic E-state index is 12.7. The number of aliphatic hydroxyl groups is 1. The Morgan fingerprint density at radius 2 is 1.03 bits per heavy atom. The number of carbonyl (C=O) groups is 4. The lowest BCUT2D eigenvalue weighted by Gasteiger charge is -2.26. The molecule has 0 saturated heterocycles. The molecule has 0 aliphatic rings. The molecule has 6 N–H and O–H groups in total. The van der Waals surface area contributed by atoms with Crippen LogP contribution in [0.25, 0.3) is 0 Å². The van der Waals surface area contributed by atoms with Gasteiger partial charge in [0.15, 0.2) is 0 Å². The first-order valence-electron chi connectivity index (χ1n) is 20.7. The number of halogens is 3. The second-order valence-electron chi connectivity index (χ2n) is 15.1. The van der Waals surface area contributed by atoms with Crippen molar-refractivity contribution in [2.24, 2.45) is 0 Å². The standard InChI is InChI=1S/C24H26ClN5O3.C23H23Cl2N5O3/c1-4-11-30(15(2)3)23(33)16-5-7-17(8-6-16)29-24-26-13-18(14-27-24)28-22(32)20-12-19(31)9-10-21(20)25;1-14(2)30(10-11-31)22(33)15-6-8-16(9-7-15)29-23-26-12-17(13-27-23)28-21(32)20-18(24)4-3-5-19(20)25/h5-10,12-15,31H,4,11H2,1-3H3,(H,28,32)(H,26,27,29);3-9,12-14,31H,10-11H2,1-2H3,(H,28,32)(H,26,27,29). The van der Waals surface area contributed by atoms with Gasteiger partial charge in [0.1, 0.15) is 5.75 Å². The third kappa shape index (κ3) is 13.8. The van der Waals surface area contributed by atoms with Gasteiger partial charge in [0.2, 0.25) is 11.9 Å². The number of hydrogen-bond acceptors (Lipinski definition) is 12. The smallest absolute Gasteiger partial charge is 0.258 e. The Bertz CT molecular complexity index is 2580. The molecule has 2 heterocycles. The number of aromatic hydroxyl groups is 1. The molecule has 0 aliphatic carbocycles. The third-order valence-electron chi connectivity index (χ3n) is 9.55. The van der Waals surface area contributed by atoms with E-state index in [9.17, 15) is 29.4 Å². The number of nitrogens with one attached hydrogen (secondary N) is 4. The van der Waals surface area contributed by atoms with Crippen molar-refractivity contribution in [3.05, 3.63) is 147 Å². The molecule has 0 unspecified atom stereocenters. The largest absolute Gasteiger partial charge is 0.508 e. The van der Waals surface area contributed by atoms with Crippen LogP contribution in [-0.2, 0) is 0 Å². The van der Waals surface area contributed by atoms with E-state index in [1.54, 1.807) is 71.6 Å². The fourth-order valence-corrected chi connectivity index (χ4v) is 7.00. The number of phenolic OH excluding ortho intramolecular Hbond substituents is 1. The van der Waals surface area contributed by atoms with E-state index < -0.39 is 11.8 Å². The minimum absolute atomic E-state index is 0.00147. The number of carbonyl (C=O) groups excluding carboxylic acids is 4. The van der Waals surface area contributed by atoms with Crippen LogP contribution >= 0.6 is 34.8 Å². The van der Waals surface area contributed by atoms with Crippen LogP contribution < -0.4 is 21.3 Å². The SMILES string of the molecule is CC(C)N(CCO)C(=O)c1ccc(Nc2ncc(NC(=O)c3c(Cl)cccc3Cl)cn2)cc1.CCCN(C(=O)c1ccc(Nc2ncc(NC(=O)c3cc(O)ccc3Cl)cn2)cc1)C(C)C. The van der Waals surface area contributed by atoms with Crippen molar-refractivity contribution < 1.29 is 29.4 Å². The zero-order valence-corrected chi connectivity index (χ0v) is 39.0. The van der Waals surface area contributed by atoms with Crippen molar-refractivity contribution in [2.75, 3.05) is 41.0 Å². The highest BCUT2D eigenvalue weighted by Gasteiger charge is 2.20. The molecule has 2 aromatic heterocycles. The molecule has 6 rings (SSSR count). The number of nitrogens with zero attached hydrogens (tertiary/aromatic N) is 6. The molecule has 344 valence electrons. The van der Waals surface area contributed by atoms with Crippen LogP contribution in [0.5, 0.6) is 5.75 Å². The first-order chi connectivity index (χ1) is 31.6. The second-order valence-corrected chi connectivity index (χ2v) is 16.3. The molecule has 0 radical (unpaired) electrons. The summed E-state index contributed by atoms with van der Waals surface area (Å²) in [5.41, 5.74) is 3.60. The average molecular weight is 956 g/mol. The summed E-state index contributed by atoms with van der Waals surface area (Å²) in [6, 6.07) is 23.0. The van der Waals surface area contributed by atoms with Crippen molar-refractivity contribution in [2.45, 2.75) is 53.1 Å². The lowest BCUT2D eigenvalue weighted by molar-refractivity contribution is 0.0664. The Labute approximate surface area is 397 Å². The third-order valence-corrected chi connectivity index (χ3v) is 10.5. The number of rotatable bonds is 16. The molecule has 16 nitrogen and oxygen atoms in total. The monoisotopic (exact) mass is 954 g/mol. The summed E-state index contributed by atoms with van der Waals surface area (Å²) in [7, 11) is 0. The molecular weight excluding hydrogens is 907 g/mol. The van der Waals surface area contributed by atoms with Crippen LogP contribution in [0.3, 0.4) is 0 Å². The summed E-state index contributed by atoms with van der Waals surface area (Å²) in [5, 5.41) is 30.9. The van der Waals surface area contributed by atoms with Gasteiger partial charge in [0, 0.05) is 47.7 Å². The summed E-state index contributed by atoms with van der Waals surface area (Å²) in [4.78, 5) is 70.4. The number of aliphatic hydroxyl groups excluding tert-OH is 1. The minimum Gasteiger partial charge on any atom is -0.508 e. The van der Waals surface area contributed by atoms with E-state index in [4.69, 9.17) is 34.8 Å². The summed E-state index contributed by atoms with van der Waals surface area (Å²) in [5.74, 6) is -0.521. The maximum Gasteiger partial charge on any atom is 0.258 e. The molecule has 0 fully saturated rings. The first kappa shape index (κ1) is 50.2. The lowest BCUT2D eigenvalue weighted by Crippen LogP contribution is -2.38. The molecule has 0 bridgehead atoms. The van der Waals surface area contributed by atoms with Gasteiger partial charge < -0.3 is 41.3 Å². The number of hydrogen-bond donors (Lipinski definition) is 6. The van der Waals surface area contributed by atoms with Gasteiger partial charge in [-0.3, -0.25) is 19.2 Å². The van der Waals surface area contributed by atoms with E-state index in [2.05, 4.69) is 41.2 Å². The van der Waals surface area contributed by atoms with Gasteiger partial charge >= 0.3 is 0 Å². The molecule has 19 heteroatoms. The van der Waals surface area contributed by atoms with Gasteiger partial charge in [-0.05, 0) is 113 Å². The molecule has 0 spiro atoms. The van der Waals surface area contributed by atoms with Crippen LogP contribution in [0.1, 0.15) is 82.5 Å². The van der Waals surface area contributed by atoms with Crippen molar-refractivity contribution in [3.63, 3.8) is 0 Å². The van der Waals surface area contributed by atoms with Gasteiger partial charge in [0.05, 0.1) is 69.0 Å². The first-order valence-corrected chi connectivity index (χ1v) is 21.9. The van der Waals surface area contributed by atoms with Crippen LogP contribution in [-0.4, -0.2) is 95.4 Å². The highest BCUT2D eigenvalue weighted by Crippen LogP contribution is 2.26. The molecular formula is C47H49Cl3N10O6. The zero-order chi connectivity index (χ0) is 47.9. The van der Waals surface area contributed by atoms with Crippen molar-refractivity contribution in [3.8, 4) is 5.75 Å². The molecule has 0 atom stereocenters. The van der Waals surface area contributed by atoms with E-state index in [1.165, 1.54) is 43.0 Å². The summed E-state index contributed by atoms with van der Waals surface area (Å²) in [6.07, 6.45) is 6.70. The van der Waals surface area contributed by atoms with Gasteiger partial charge in [-0.2, -0.15) is 0 Å². The van der Waals surface area contributed by atoms with Crippen molar-refractivity contribution in [1.29, 1.82) is 0 Å². The van der Waals surface area contributed by atoms with Gasteiger partial charge in [-0.25, -0.2) is 19.9 Å². The number of anilines is 6. The normalized spacial score (nSPS) is 10.7. The van der Waals surface area contributed by atoms with E-state index in [1.807, 2.05) is 39.5 Å². The van der Waals surface area contributed by atoms with Gasteiger partial charge in [-0.1, -0.05) is 47.8 Å². The topological polar surface area (TPSA) is 215 Å². The van der Waals surface area contributed by atoms with Crippen molar-refractivity contribution >= 4 is 93.1 Å². The second kappa shape index (κ2) is 23.9. The fraction of sp³-hybridized carbons (Fsp3) is 0.234. The quantitative estimate of drug-likeness (QED) is 0.0535. The van der Waals surface area contributed by atoms with Crippen LogP contribution in [0.2, 0.25) is 15.1 Å². The highest BCUT2D eigenvalue weighted by molar-refractivity contribution is 6.40. The molecule has 4 aromatic carbocycles. The summed E-state index contributed by atoms with van der Waals surface area (Å²) in [6.45, 7) is 10.7. The van der Waals surface area contributed by atoms with E-state index >= 15 is 0 Å². The fourth-order valence-electron chi connectivity index (χ4n) is 6.23. The van der Waals surface area contributed by atoms with Crippen molar-refractivity contribution in [1.82, 2.24) is 29.7 Å². The molecule has 66 heavy (non-hydrogen) atoms. The number of benzene rings is 4. The minimum atomic E-state index is -0.487. The highest BCUT2D eigenvalue weighted by atomic mass is 35.5. The lowest BCUT2D eigenvalue weighted by atomic mass is 10.1. The van der Waals surface area contributed by atoms with Crippen LogP contribution in [0, 0.1) is 0 Å². The number of phenols is 1.